The van der Waals surface area contributed by atoms with Gasteiger partial charge in [0.1, 0.15) is 23.1 Å². The van der Waals surface area contributed by atoms with Crippen molar-refractivity contribution < 1.29 is 23.0 Å². The first-order valence-corrected chi connectivity index (χ1v) is 13.8. The number of para-hydroxylation sites is 1. The number of anilines is 2. The van der Waals surface area contributed by atoms with Crippen molar-refractivity contribution in [2.75, 3.05) is 50.2 Å². The molecule has 1 unspecified atom stereocenters. The molecule has 0 saturated carbocycles. The minimum absolute atomic E-state index is 0.00951. The molecule has 0 amide bonds. The number of hydrogen-bond acceptors (Lipinski definition) is 7. The lowest BCUT2D eigenvalue weighted by molar-refractivity contribution is -0.141. The standard InChI is InChI=1S/C32H36F2N4O3/c1-32(2,3)21-9-14-28(40-4)27(19-21)38-26(20-29(39)41-5)24-7-6-8-25(34)30(24)35-31(38)37-17-15-36(16-18-37)23-12-10-22(33)11-13-23/h6-14,19,26H,15-18,20H2,1-5H3. The van der Waals surface area contributed by atoms with Gasteiger partial charge in [-0.3, -0.25) is 4.79 Å². The van der Waals surface area contributed by atoms with Crippen molar-refractivity contribution in [3.8, 4) is 5.75 Å². The number of carbonyl (C=O) groups is 1. The number of aliphatic imine (C=N–C) groups is 1. The molecule has 0 spiro atoms. The predicted molar refractivity (Wildman–Crippen MR) is 157 cm³/mol. The van der Waals surface area contributed by atoms with Gasteiger partial charge in [-0.05, 0) is 53.4 Å². The second-order valence-corrected chi connectivity index (χ2v) is 11.3. The summed E-state index contributed by atoms with van der Waals surface area (Å²) < 4.78 is 39.7. The summed E-state index contributed by atoms with van der Waals surface area (Å²) in [5.74, 6) is 0.0201. The molecular weight excluding hydrogens is 526 g/mol. The number of benzene rings is 3. The van der Waals surface area contributed by atoms with Crippen LogP contribution in [0.4, 0.5) is 25.8 Å². The summed E-state index contributed by atoms with van der Waals surface area (Å²) >= 11 is 0. The fourth-order valence-electron chi connectivity index (χ4n) is 5.45. The Hall–Kier alpha value is -4.14. The SMILES string of the molecule is COC(=O)CC1c2cccc(F)c2N=C(N2CCN(c3ccc(F)cc3)CC2)N1c1cc(C(C)(C)C)ccc1OC. The quantitative estimate of drug-likeness (QED) is 0.345. The highest BCUT2D eigenvalue weighted by atomic mass is 19.1. The molecule has 216 valence electrons. The molecule has 0 bridgehead atoms. The van der Waals surface area contributed by atoms with Crippen LogP contribution in [0.2, 0.25) is 0 Å². The van der Waals surface area contributed by atoms with Gasteiger partial charge in [0.05, 0.1) is 32.4 Å². The fraction of sp³-hybridized carbons (Fsp3) is 0.375. The van der Waals surface area contributed by atoms with Crippen LogP contribution in [0.3, 0.4) is 0 Å². The smallest absolute Gasteiger partial charge is 0.307 e. The summed E-state index contributed by atoms with van der Waals surface area (Å²) in [4.78, 5) is 24.0. The molecule has 5 rings (SSSR count). The van der Waals surface area contributed by atoms with E-state index in [4.69, 9.17) is 14.5 Å². The lowest BCUT2D eigenvalue weighted by Gasteiger charge is -2.45. The topological polar surface area (TPSA) is 57.6 Å². The normalized spacial score (nSPS) is 17.2. The first-order valence-electron chi connectivity index (χ1n) is 13.8. The number of guanidine groups is 1. The first-order chi connectivity index (χ1) is 19.6. The van der Waals surface area contributed by atoms with E-state index in [1.54, 1.807) is 25.3 Å². The lowest BCUT2D eigenvalue weighted by atomic mass is 9.86. The van der Waals surface area contributed by atoms with Gasteiger partial charge >= 0.3 is 5.97 Å². The zero-order valence-electron chi connectivity index (χ0n) is 24.2. The molecule has 7 nitrogen and oxygen atoms in total. The number of piperazine rings is 1. The van der Waals surface area contributed by atoms with Gasteiger partial charge in [-0.25, -0.2) is 13.8 Å². The highest BCUT2D eigenvalue weighted by Crippen LogP contribution is 2.45. The van der Waals surface area contributed by atoms with Crippen molar-refractivity contribution in [3.05, 3.63) is 83.4 Å². The number of carbonyl (C=O) groups excluding carboxylic acids is 1. The number of fused-ring (bicyclic) bond motifs is 1. The van der Waals surface area contributed by atoms with Crippen LogP contribution in [0.5, 0.6) is 5.75 Å². The fourth-order valence-corrected chi connectivity index (χ4v) is 5.45. The van der Waals surface area contributed by atoms with E-state index in [-0.39, 0.29) is 23.3 Å². The molecular formula is C32H36F2N4O3. The molecule has 0 radical (unpaired) electrons. The second-order valence-electron chi connectivity index (χ2n) is 11.3. The Morgan fingerprint density at radius 3 is 2.27 bits per heavy atom. The van der Waals surface area contributed by atoms with E-state index in [0.29, 0.717) is 43.5 Å². The van der Waals surface area contributed by atoms with Gasteiger partial charge in [-0.15, -0.1) is 0 Å². The lowest BCUT2D eigenvalue weighted by Crippen LogP contribution is -2.55. The molecule has 1 atom stereocenters. The van der Waals surface area contributed by atoms with E-state index in [9.17, 15) is 9.18 Å². The van der Waals surface area contributed by atoms with Gasteiger partial charge in [0.25, 0.3) is 0 Å². The van der Waals surface area contributed by atoms with Crippen LogP contribution < -0.4 is 14.5 Å². The van der Waals surface area contributed by atoms with E-state index in [1.807, 2.05) is 23.1 Å². The van der Waals surface area contributed by atoms with Crippen molar-refractivity contribution in [2.45, 2.75) is 38.6 Å². The van der Waals surface area contributed by atoms with Crippen LogP contribution in [-0.4, -0.2) is 57.2 Å². The van der Waals surface area contributed by atoms with Gasteiger partial charge < -0.3 is 24.2 Å². The molecule has 0 aliphatic carbocycles. The summed E-state index contributed by atoms with van der Waals surface area (Å²) in [5.41, 5.74) is 3.43. The van der Waals surface area contributed by atoms with E-state index < -0.39 is 17.8 Å². The Balaban J connectivity index is 1.62. The largest absolute Gasteiger partial charge is 0.495 e. The molecule has 9 heteroatoms. The maximum Gasteiger partial charge on any atom is 0.307 e. The van der Waals surface area contributed by atoms with Gasteiger partial charge in [0, 0.05) is 37.4 Å². The van der Waals surface area contributed by atoms with E-state index in [2.05, 4.69) is 36.6 Å². The molecule has 2 heterocycles. The number of halogens is 2. The van der Waals surface area contributed by atoms with E-state index in [0.717, 1.165) is 16.9 Å². The highest BCUT2D eigenvalue weighted by Gasteiger charge is 2.39. The third-order valence-corrected chi connectivity index (χ3v) is 7.76. The van der Waals surface area contributed by atoms with Crippen molar-refractivity contribution in [1.29, 1.82) is 0 Å². The van der Waals surface area contributed by atoms with E-state index >= 15 is 4.39 Å². The van der Waals surface area contributed by atoms with Crippen molar-refractivity contribution >= 4 is 29.0 Å². The zero-order chi connectivity index (χ0) is 29.3. The van der Waals surface area contributed by atoms with Crippen LogP contribution in [-0.2, 0) is 14.9 Å². The summed E-state index contributed by atoms with van der Waals surface area (Å²) in [6.45, 7) is 8.89. The third kappa shape index (κ3) is 5.71. The van der Waals surface area contributed by atoms with Crippen molar-refractivity contribution in [2.24, 2.45) is 4.99 Å². The second kappa shape index (κ2) is 11.4. The average Bonchev–Trinajstić information content (AvgIpc) is 2.97. The maximum absolute atomic E-state index is 15.3. The zero-order valence-corrected chi connectivity index (χ0v) is 24.2. The van der Waals surface area contributed by atoms with Gasteiger partial charge in [-0.1, -0.05) is 39.0 Å². The molecule has 1 fully saturated rings. The van der Waals surface area contributed by atoms with Crippen molar-refractivity contribution in [3.63, 3.8) is 0 Å². The van der Waals surface area contributed by atoms with Crippen LogP contribution in [0, 0.1) is 11.6 Å². The minimum Gasteiger partial charge on any atom is -0.495 e. The van der Waals surface area contributed by atoms with Crippen LogP contribution >= 0.6 is 0 Å². The Morgan fingerprint density at radius 1 is 0.951 bits per heavy atom. The van der Waals surface area contributed by atoms with Crippen LogP contribution in [0.25, 0.3) is 0 Å². The molecule has 0 N–H and O–H groups in total. The minimum atomic E-state index is -0.583. The number of methoxy groups -OCH3 is 2. The molecule has 0 aromatic heterocycles. The summed E-state index contributed by atoms with van der Waals surface area (Å²) in [6.07, 6.45) is -0.00951. The molecule has 41 heavy (non-hydrogen) atoms. The average molecular weight is 563 g/mol. The number of esters is 1. The molecule has 1 saturated heterocycles. The highest BCUT2D eigenvalue weighted by molar-refractivity contribution is 6.02. The van der Waals surface area contributed by atoms with Crippen LogP contribution in [0.15, 0.2) is 65.7 Å². The maximum atomic E-state index is 15.3. The number of rotatable bonds is 5. The molecule has 2 aliphatic rings. The molecule has 2 aliphatic heterocycles. The van der Waals surface area contributed by atoms with Gasteiger partial charge in [0.15, 0.2) is 0 Å². The van der Waals surface area contributed by atoms with Gasteiger partial charge in [0.2, 0.25) is 5.96 Å². The monoisotopic (exact) mass is 562 g/mol. The van der Waals surface area contributed by atoms with Gasteiger partial charge in [-0.2, -0.15) is 0 Å². The van der Waals surface area contributed by atoms with Crippen molar-refractivity contribution in [1.82, 2.24) is 4.90 Å². The number of ether oxygens (including phenoxy) is 2. The Labute approximate surface area is 240 Å². The number of hydrogen-bond donors (Lipinski definition) is 0. The Morgan fingerprint density at radius 2 is 1.63 bits per heavy atom. The summed E-state index contributed by atoms with van der Waals surface area (Å²) in [7, 11) is 2.97. The Bertz CT molecular complexity index is 1440. The predicted octanol–water partition coefficient (Wildman–Crippen LogP) is 6.21. The summed E-state index contributed by atoms with van der Waals surface area (Å²) in [6, 6.07) is 16.7. The van der Waals surface area contributed by atoms with Crippen LogP contribution in [0.1, 0.15) is 44.4 Å². The number of nitrogens with zero attached hydrogens (tertiary/aromatic N) is 4. The molecule has 3 aromatic rings. The summed E-state index contributed by atoms with van der Waals surface area (Å²) in [5, 5.41) is 0. The third-order valence-electron chi connectivity index (χ3n) is 7.76. The first kappa shape index (κ1) is 28.4. The Kier molecular flexibility index (Phi) is 7.89. The van der Waals surface area contributed by atoms with E-state index in [1.165, 1.54) is 25.3 Å². The molecule has 3 aromatic carbocycles.